The van der Waals surface area contributed by atoms with E-state index in [4.69, 9.17) is 19.9 Å². The smallest absolute Gasteiger partial charge is 0.283 e. The maximum atomic E-state index is 14.6. The van der Waals surface area contributed by atoms with Crippen LogP contribution in [0.5, 0.6) is 17.2 Å². The van der Waals surface area contributed by atoms with Crippen molar-refractivity contribution in [3.05, 3.63) is 71.6 Å². The number of benzene rings is 2. The third-order valence-electron chi connectivity index (χ3n) is 5.38. The fourth-order valence-electron chi connectivity index (χ4n) is 3.90. The minimum Gasteiger partial charge on any atom is -0.491 e. The Kier molecular flexibility index (Phi) is 4.50. The highest BCUT2D eigenvalue weighted by Gasteiger charge is 2.47. The van der Waals surface area contributed by atoms with Gasteiger partial charge in [0.15, 0.2) is 17.1 Å². The molecule has 0 saturated carbocycles. The third kappa shape index (κ3) is 3.15. The molecule has 1 spiro atoms. The van der Waals surface area contributed by atoms with Crippen molar-refractivity contribution in [2.75, 3.05) is 13.2 Å². The summed E-state index contributed by atoms with van der Waals surface area (Å²) in [7, 11) is 0. The standard InChI is InChI=1S/C23H19F2N3O3/c1-2-7-29-20-9-16-19(10-17(20)24)31-18-5-3-13(14-4-6-21(25)27-11-14)8-15(18)23(16)12-30-22(26)28-23/h3-6,8-11H,2,7,12H2,1H3,(H2,26,28)/t23-/m1/s1. The van der Waals surface area contributed by atoms with Crippen LogP contribution >= 0.6 is 0 Å². The van der Waals surface area contributed by atoms with E-state index in [-0.39, 0.29) is 18.4 Å². The van der Waals surface area contributed by atoms with Gasteiger partial charge in [0.2, 0.25) is 5.95 Å². The van der Waals surface area contributed by atoms with Crippen LogP contribution in [-0.4, -0.2) is 24.2 Å². The van der Waals surface area contributed by atoms with Crippen molar-refractivity contribution in [3.8, 4) is 28.4 Å². The molecule has 1 aromatic heterocycles. The number of nitrogens with two attached hydrogens (primary N) is 1. The molecule has 2 N–H and O–H groups in total. The average molecular weight is 423 g/mol. The number of aliphatic imine (C=N–C) groups is 1. The Bertz CT molecular complexity index is 1200. The molecule has 158 valence electrons. The molecular weight excluding hydrogens is 404 g/mol. The first-order chi connectivity index (χ1) is 15.0. The van der Waals surface area contributed by atoms with Crippen LogP contribution in [0, 0.1) is 11.8 Å². The SMILES string of the molecule is CCCOc1cc2c(cc1F)Oc1ccc(-c3ccc(F)nc3)cc1[C@]21COC(N)=N1. The summed E-state index contributed by atoms with van der Waals surface area (Å²) in [5.74, 6) is -0.122. The van der Waals surface area contributed by atoms with E-state index in [1.807, 2.05) is 19.1 Å². The van der Waals surface area contributed by atoms with Gasteiger partial charge in [-0.2, -0.15) is 4.39 Å². The molecule has 31 heavy (non-hydrogen) atoms. The molecule has 0 amide bonds. The molecule has 2 aromatic carbocycles. The van der Waals surface area contributed by atoms with Crippen molar-refractivity contribution in [3.63, 3.8) is 0 Å². The number of amidine groups is 1. The normalized spacial score (nSPS) is 18.6. The molecule has 8 heteroatoms. The van der Waals surface area contributed by atoms with E-state index in [1.165, 1.54) is 18.3 Å². The summed E-state index contributed by atoms with van der Waals surface area (Å²) in [6.07, 6.45) is 2.19. The molecule has 0 radical (unpaired) electrons. The quantitative estimate of drug-likeness (QED) is 0.625. The van der Waals surface area contributed by atoms with Crippen LogP contribution in [0.2, 0.25) is 0 Å². The number of halogens is 2. The van der Waals surface area contributed by atoms with E-state index >= 15 is 0 Å². The zero-order valence-electron chi connectivity index (χ0n) is 16.7. The Hall–Kier alpha value is -3.68. The Labute approximate surface area is 177 Å². The first kappa shape index (κ1) is 19.3. The van der Waals surface area contributed by atoms with Crippen LogP contribution < -0.4 is 15.2 Å². The second kappa shape index (κ2) is 7.23. The van der Waals surface area contributed by atoms with Gasteiger partial charge in [0.1, 0.15) is 18.1 Å². The lowest BCUT2D eigenvalue weighted by atomic mass is 9.80. The number of aromatic nitrogens is 1. The molecule has 0 aliphatic carbocycles. The molecule has 1 atom stereocenters. The minimum absolute atomic E-state index is 0.0352. The molecule has 2 aliphatic rings. The van der Waals surface area contributed by atoms with Crippen molar-refractivity contribution >= 4 is 6.02 Å². The number of hydrogen-bond donors (Lipinski definition) is 1. The summed E-state index contributed by atoms with van der Waals surface area (Å²) in [5.41, 5.74) is 7.71. The van der Waals surface area contributed by atoms with E-state index in [1.54, 1.807) is 18.2 Å². The Morgan fingerprint density at radius 1 is 1.06 bits per heavy atom. The van der Waals surface area contributed by atoms with Crippen LogP contribution in [0.1, 0.15) is 24.5 Å². The molecule has 2 aliphatic heterocycles. The molecule has 3 heterocycles. The van der Waals surface area contributed by atoms with Gasteiger partial charge < -0.3 is 19.9 Å². The molecule has 0 bridgehead atoms. The predicted octanol–water partition coefficient (Wildman–Crippen LogP) is 4.51. The topological polar surface area (TPSA) is 79.0 Å². The zero-order valence-corrected chi connectivity index (χ0v) is 16.7. The fourth-order valence-corrected chi connectivity index (χ4v) is 3.90. The van der Waals surface area contributed by atoms with Crippen molar-refractivity contribution in [1.82, 2.24) is 4.98 Å². The highest BCUT2D eigenvalue weighted by Crippen LogP contribution is 2.52. The molecule has 0 fully saturated rings. The first-order valence-corrected chi connectivity index (χ1v) is 9.89. The number of hydrogen-bond acceptors (Lipinski definition) is 6. The lowest BCUT2D eigenvalue weighted by Gasteiger charge is -2.34. The van der Waals surface area contributed by atoms with E-state index in [0.717, 1.165) is 17.5 Å². The van der Waals surface area contributed by atoms with Crippen molar-refractivity contribution in [2.45, 2.75) is 18.9 Å². The molecule has 5 rings (SSSR count). The maximum Gasteiger partial charge on any atom is 0.283 e. The Balaban J connectivity index is 1.68. The van der Waals surface area contributed by atoms with E-state index in [9.17, 15) is 8.78 Å². The minimum atomic E-state index is -1.02. The number of ether oxygens (including phenoxy) is 3. The Morgan fingerprint density at radius 3 is 2.58 bits per heavy atom. The summed E-state index contributed by atoms with van der Waals surface area (Å²) < 4.78 is 45.0. The summed E-state index contributed by atoms with van der Waals surface area (Å²) in [5, 5.41) is 0. The lowest BCUT2D eigenvalue weighted by Crippen LogP contribution is -2.31. The first-order valence-electron chi connectivity index (χ1n) is 9.89. The zero-order chi connectivity index (χ0) is 21.6. The van der Waals surface area contributed by atoms with Gasteiger partial charge in [-0.15, -0.1) is 0 Å². The van der Waals surface area contributed by atoms with Gasteiger partial charge in [-0.1, -0.05) is 13.0 Å². The molecular formula is C23H19F2N3O3. The molecule has 0 unspecified atom stereocenters. The average Bonchev–Trinajstić information content (AvgIpc) is 3.15. The summed E-state index contributed by atoms with van der Waals surface area (Å²) in [6.45, 7) is 2.45. The number of fused-ring (bicyclic) bond motifs is 4. The molecule has 6 nitrogen and oxygen atoms in total. The maximum absolute atomic E-state index is 14.6. The monoisotopic (exact) mass is 423 g/mol. The second-order valence-corrected chi connectivity index (χ2v) is 7.41. The van der Waals surface area contributed by atoms with Crippen LogP contribution in [0.15, 0.2) is 53.7 Å². The van der Waals surface area contributed by atoms with E-state index < -0.39 is 17.3 Å². The third-order valence-corrected chi connectivity index (χ3v) is 5.38. The van der Waals surface area contributed by atoms with Gasteiger partial charge in [-0.3, -0.25) is 0 Å². The van der Waals surface area contributed by atoms with Gasteiger partial charge >= 0.3 is 0 Å². The van der Waals surface area contributed by atoms with Gasteiger partial charge in [-0.05, 0) is 42.3 Å². The van der Waals surface area contributed by atoms with Gasteiger partial charge in [-0.25, -0.2) is 14.4 Å². The largest absolute Gasteiger partial charge is 0.491 e. The van der Waals surface area contributed by atoms with Crippen LogP contribution in [-0.2, 0) is 10.3 Å². The molecule has 0 saturated heterocycles. The van der Waals surface area contributed by atoms with Crippen LogP contribution in [0.4, 0.5) is 8.78 Å². The van der Waals surface area contributed by atoms with Crippen molar-refractivity contribution in [1.29, 1.82) is 0 Å². The number of rotatable bonds is 4. The summed E-state index contributed by atoms with van der Waals surface area (Å²) in [4.78, 5) is 8.33. The van der Waals surface area contributed by atoms with Gasteiger partial charge in [0.25, 0.3) is 6.02 Å². The number of pyridine rings is 1. The van der Waals surface area contributed by atoms with Crippen molar-refractivity contribution < 1.29 is 23.0 Å². The van der Waals surface area contributed by atoms with Crippen LogP contribution in [0.25, 0.3) is 11.1 Å². The lowest BCUT2D eigenvalue weighted by molar-refractivity contribution is 0.261. The fraction of sp³-hybridized carbons (Fsp3) is 0.217. The predicted molar refractivity (Wildman–Crippen MR) is 110 cm³/mol. The second-order valence-electron chi connectivity index (χ2n) is 7.41. The summed E-state index contributed by atoms with van der Waals surface area (Å²) in [6, 6.07) is 11.3. The Morgan fingerprint density at radius 2 is 1.87 bits per heavy atom. The van der Waals surface area contributed by atoms with E-state index in [2.05, 4.69) is 9.98 Å². The highest BCUT2D eigenvalue weighted by atomic mass is 19.1. The number of nitrogens with zero attached hydrogens (tertiary/aromatic N) is 2. The summed E-state index contributed by atoms with van der Waals surface area (Å²) >= 11 is 0. The van der Waals surface area contributed by atoms with Crippen LogP contribution in [0.3, 0.4) is 0 Å². The highest BCUT2D eigenvalue weighted by molar-refractivity contribution is 5.78. The molecule has 3 aromatic rings. The van der Waals surface area contributed by atoms with E-state index in [0.29, 0.717) is 29.2 Å². The van der Waals surface area contributed by atoms with Gasteiger partial charge in [0.05, 0.1) is 6.61 Å². The van der Waals surface area contributed by atoms with Crippen molar-refractivity contribution in [2.24, 2.45) is 10.7 Å². The van der Waals surface area contributed by atoms with Gasteiger partial charge in [0, 0.05) is 29.0 Å².